The van der Waals surface area contributed by atoms with Gasteiger partial charge in [-0.2, -0.15) is 4.31 Å². The Labute approximate surface area is 128 Å². The molecule has 0 amide bonds. The van der Waals surface area contributed by atoms with Crippen molar-refractivity contribution in [3.05, 3.63) is 29.8 Å². The minimum Gasteiger partial charge on any atom is -0.305 e. The standard InChI is InChI=1S/C16H26N2O2S/c1-16(2,3)14-8-6-7-9-15(14)21(19,20)18-11-10-13(12-18)17(4)5/h6-9,13H,10-12H2,1-5H3. The van der Waals surface area contributed by atoms with Crippen molar-refractivity contribution < 1.29 is 8.42 Å². The van der Waals surface area contributed by atoms with Crippen molar-refractivity contribution in [3.8, 4) is 0 Å². The summed E-state index contributed by atoms with van der Waals surface area (Å²) in [6.07, 6.45) is 0.893. The van der Waals surface area contributed by atoms with E-state index in [0.717, 1.165) is 12.0 Å². The lowest BCUT2D eigenvalue weighted by molar-refractivity contribution is 0.302. The van der Waals surface area contributed by atoms with Crippen LogP contribution in [0.4, 0.5) is 0 Å². The molecule has 4 nitrogen and oxygen atoms in total. The zero-order chi connectivity index (χ0) is 15.8. The highest BCUT2D eigenvalue weighted by atomic mass is 32.2. The second kappa shape index (κ2) is 5.71. The Kier molecular flexibility index (Phi) is 4.47. The van der Waals surface area contributed by atoms with Gasteiger partial charge in [0.25, 0.3) is 0 Å². The topological polar surface area (TPSA) is 40.6 Å². The fourth-order valence-corrected chi connectivity index (χ4v) is 4.70. The molecule has 1 aliphatic rings. The molecule has 1 aliphatic heterocycles. The van der Waals surface area contributed by atoms with Crippen molar-refractivity contribution >= 4 is 10.0 Å². The molecule has 1 unspecified atom stereocenters. The molecule has 0 radical (unpaired) electrons. The van der Waals surface area contributed by atoms with E-state index < -0.39 is 10.0 Å². The number of benzene rings is 1. The second-order valence-corrected chi connectivity index (χ2v) is 8.92. The van der Waals surface area contributed by atoms with Gasteiger partial charge in [0.2, 0.25) is 10.0 Å². The maximum atomic E-state index is 13.0. The number of hydrogen-bond acceptors (Lipinski definition) is 3. The highest BCUT2D eigenvalue weighted by Crippen LogP contribution is 2.32. The van der Waals surface area contributed by atoms with Crippen LogP contribution < -0.4 is 0 Å². The van der Waals surface area contributed by atoms with Gasteiger partial charge < -0.3 is 4.90 Å². The van der Waals surface area contributed by atoms with Crippen LogP contribution in [0.25, 0.3) is 0 Å². The first-order chi connectivity index (χ1) is 9.64. The lowest BCUT2D eigenvalue weighted by Crippen LogP contribution is -2.35. The third-order valence-corrected chi connectivity index (χ3v) is 6.09. The summed E-state index contributed by atoms with van der Waals surface area (Å²) in [5.74, 6) is 0. The van der Waals surface area contributed by atoms with Crippen LogP contribution in [0.3, 0.4) is 0 Å². The first-order valence-corrected chi connectivity index (χ1v) is 8.84. The quantitative estimate of drug-likeness (QED) is 0.860. The largest absolute Gasteiger partial charge is 0.305 e. The lowest BCUT2D eigenvalue weighted by atomic mass is 9.87. The summed E-state index contributed by atoms with van der Waals surface area (Å²) in [5, 5.41) is 0. The van der Waals surface area contributed by atoms with Crippen molar-refractivity contribution in [2.45, 2.75) is 43.5 Å². The lowest BCUT2D eigenvalue weighted by Gasteiger charge is -2.26. The van der Waals surface area contributed by atoms with E-state index in [1.54, 1.807) is 10.4 Å². The maximum absolute atomic E-state index is 13.0. The summed E-state index contributed by atoms with van der Waals surface area (Å²) in [6.45, 7) is 7.33. The molecule has 1 aromatic carbocycles. The molecular weight excluding hydrogens is 284 g/mol. The van der Waals surface area contributed by atoms with Crippen LogP contribution in [0, 0.1) is 0 Å². The molecule has 1 atom stereocenters. The zero-order valence-electron chi connectivity index (χ0n) is 13.6. The molecule has 1 heterocycles. The van der Waals surface area contributed by atoms with E-state index in [0.29, 0.717) is 24.0 Å². The first-order valence-electron chi connectivity index (χ1n) is 7.40. The van der Waals surface area contributed by atoms with Crippen molar-refractivity contribution in [1.29, 1.82) is 0 Å². The molecule has 0 spiro atoms. The summed E-state index contributed by atoms with van der Waals surface area (Å²) < 4.78 is 27.6. The Bertz CT molecular complexity index is 603. The van der Waals surface area contributed by atoms with E-state index in [1.807, 2.05) is 53.1 Å². The molecule has 0 saturated carbocycles. The predicted octanol–water partition coefficient (Wildman–Crippen LogP) is 2.31. The Balaban J connectivity index is 2.38. The van der Waals surface area contributed by atoms with Crippen LogP contribution in [0.15, 0.2) is 29.2 Å². The van der Waals surface area contributed by atoms with E-state index in [-0.39, 0.29) is 5.41 Å². The molecular formula is C16H26N2O2S. The van der Waals surface area contributed by atoms with Crippen molar-refractivity contribution in [1.82, 2.24) is 9.21 Å². The molecule has 21 heavy (non-hydrogen) atoms. The molecule has 0 bridgehead atoms. The van der Waals surface area contributed by atoms with Crippen LogP contribution in [-0.2, 0) is 15.4 Å². The van der Waals surface area contributed by atoms with Gasteiger partial charge in [-0.15, -0.1) is 0 Å². The molecule has 1 fully saturated rings. The second-order valence-electron chi connectivity index (χ2n) is 7.02. The third kappa shape index (κ3) is 3.30. The molecule has 1 aromatic rings. The number of rotatable bonds is 3. The molecule has 2 rings (SSSR count). The summed E-state index contributed by atoms with van der Waals surface area (Å²) in [7, 11) is 0.595. The molecule has 0 aliphatic carbocycles. The van der Waals surface area contributed by atoms with Gasteiger partial charge >= 0.3 is 0 Å². The summed E-state index contributed by atoms with van der Waals surface area (Å²) in [6, 6.07) is 7.68. The summed E-state index contributed by atoms with van der Waals surface area (Å²) >= 11 is 0. The predicted molar refractivity (Wildman–Crippen MR) is 86.0 cm³/mol. The number of likely N-dealkylation sites (N-methyl/N-ethyl adjacent to an activating group) is 1. The van der Waals surface area contributed by atoms with Crippen LogP contribution in [0.2, 0.25) is 0 Å². The Morgan fingerprint density at radius 2 is 1.81 bits per heavy atom. The highest BCUT2D eigenvalue weighted by molar-refractivity contribution is 7.89. The minimum absolute atomic E-state index is 0.190. The van der Waals surface area contributed by atoms with Gasteiger partial charge in [0.15, 0.2) is 0 Å². The van der Waals surface area contributed by atoms with Crippen molar-refractivity contribution in [3.63, 3.8) is 0 Å². The molecule has 5 heteroatoms. The number of nitrogens with zero attached hydrogens (tertiary/aromatic N) is 2. The zero-order valence-corrected chi connectivity index (χ0v) is 14.4. The van der Waals surface area contributed by atoms with E-state index >= 15 is 0 Å². The van der Waals surface area contributed by atoms with Crippen LogP contribution in [0.1, 0.15) is 32.8 Å². The van der Waals surface area contributed by atoms with E-state index in [2.05, 4.69) is 4.90 Å². The average Bonchev–Trinajstić information content (AvgIpc) is 2.88. The summed E-state index contributed by atoms with van der Waals surface area (Å²) in [4.78, 5) is 2.56. The molecule has 1 saturated heterocycles. The number of hydrogen-bond donors (Lipinski definition) is 0. The van der Waals surface area contributed by atoms with Gasteiger partial charge in [0, 0.05) is 19.1 Å². The SMILES string of the molecule is CN(C)C1CCN(S(=O)(=O)c2ccccc2C(C)(C)C)C1. The molecule has 0 N–H and O–H groups in total. The first kappa shape index (κ1) is 16.5. The fourth-order valence-electron chi connectivity index (χ4n) is 2.80. The van der Waals surface area contributed by atoms with Gasteiger partial charge in [0.05, 0.1) is 4.90 Å². The van der Waals surface area contributed by atoms with Crippen LogP contribution in [-0.4, -0.2) is 50.8 Å². The van der Waals surface area contributed by atoms with Gasteiger partial charge in [-0.3, -0.25) is 0 Å². The monoisotopic (exact) mass is 310 g/mol. The van der Waals surface area contributed by atoms with Crippen molar-refractivity contribution in [2.24, 2.45) is 0 Å². The van der Waals surface area contributed by atoms with Crippen LogP contribution >= 0.6 is 0 Å². The van der Waals surface area contributed by atoms with Gasteiger partial charge in [-0.1, -0.05) is 39.0 Å². The van der Waals surface area contributed by atoms with Gasteiger partial charge in [0.1, 0.15) is 0 Å². The molecule has 0 aromatic heterocycles. The van der Waals surface area contributed by atoms with E-state index in [4.69, 9.17) is 0 Å². The van der Waals surface area contributed by atoms with E-state index in [9.17, 15) is 8.42 Å². The van der Waals surface area contributed by atoms with Gasteiger partial charge in [-0.05, 0) is 37.6 Å². The van der Waals surface area contributed by atoms with E-state index in [1.165, 1.54) is 0 Å². The highest BCUT2D eigenvalue weighted by Gasteiger charge is 2.35. The smallest absolute Gasteiger partial charge is 0.243 e. The number of sulfonamides is 1. The molecule has 118 valence electrons. The average molecular weight is 310 g/mol. The van der Waals surface area contributed by atoms with Crippen molar-refractivity contribution in [2.75, 3.05) is 27.2 Å². The normalized spacial score (nSPS) is 21.1. The Morgan fingerprint density at radius 1 is 1.19 bits per heavy atom. The maximum Gasteiger partial charge on any atom is 0.243 e. The van der Waals surface area contributed by atoms with Gasteiger partial charge in [-0.25, -0.2) is 8.42 Å². The van der Waals surface area contributed by atoms with Crippen LogP contribution in [0.5, 0.6) is 0 Å². The summed E-state index contributed by atoms with van der Waals surface area (Å²) in [5.41, 5.74) is 0.697. The Hall–Kier alpha value is -0.910. The fraction of sp³-hybridized carbons (Fsp3) is 0.625. The minimum atomic E-state index is -3.41. The Morgan fingerprint density at radius 3 is 2.33 bits per heavy atom. The third-order valence-electron chi connectivity index (χ3n) is 4.17.